The highest BCUT2D eigenvalue weighted by Crippen LogP contribution is 2.20. The maximum atomic E-state index is 13.7. The fourth-order valence-electron chi connectivity index (χ4n) is 1.53. The van der Waals surface area contributed by atoms with E-state index in [9.17, 15) is 17.0 Å². The van der Waals surface area contributed by atoms with Crippen molar-refractivity contribution in [3.05, 3.63) is 47.5 Å². The number of hydrogen-bond acceptors (Lipinski definition) is 4. The summed E-state index contributed by atoms with van der Waals surface area (Å²) in [6, 6.07) is 6.19. The molecule has 5 nitrogen and oxygen atoms in total. The fraction of sp³-hybridized carbons (Fsp3) is 0.0833. The number of benzene rings is 1. The quantitative estimate of drug-likeness (QED) is 0.861. The van der Waals surface area contributed by atoms with Crippen molar-refractivity contribution in [2.75, 3.05) is 11.0 Å². The summed E-state index contributed by atoms with van der Waals surface area (Å²) in [4.78, 5) is 3.58. The van der Waals surface area contributed by atoms with Crippen molar-refractivity contribution in [2.24, 2.45) is 0 Å². The smallest absolute Gasteiger partial charge is 0.263 e. The summed E-state index contributed by atoms with van der Waals surface area (Å²) in [6.45, 7) is 0. The lowest BCUT2D eigenvalue weighted by Gasteiger charge is -2.09. The fourth-order valence-corrected chi connectivity index (χ4v) is 3.23. The second-order valence-electron chi connectivity index (χ2n) is 4.02. The average molecular weight is 349 g/mol. The molecule has 0 aliphatic rings. The Bertz CT molecular complexity index is 795. The largest absolute Gasteiger partial charge is 0.279 e. The van der Waals surface area contributed by atoms with Gasteiger partial charge in [0.05, 0.1) is 21.4 Å². The van der Waals surface area contributed by atoms with Crippen molar-refractivity contribution in [2.45, 2.75) is 9.79 Å². The molecule has 9 heteroatoms. The van der Waals surface area contributed by atoms with Crippen molar-refractivity contribution >= 4 is 38.1 Å². The number of aromatic nitrogens is 1. The van der Waals surface area contributed by atoms with Crippen molar-refractivity contribution in [3.63, 3.8) is 0 Å². The first-order valence-electron chi connectivity index (χ1n) is 5.57. The topological polar surface area (TPSA) is 76.1 Å². The van der Waals surface area contributed by atoms with Gasteiger partial charge < -0.3 is 0 Å². The minimum atomic E-state index is -3.89. The van der Waals surface area contributed by atoms with Crippen LogP contribution in [0.15, 0.2) is 46.3 Å². The highest BCUT2D eigenvalue weighted by molar-refractivity contribution is 7.92. The van der Waals surface area contributed by atoms with Crippen LogP contribution >= 0.6 is 11.6 Å². The molecular formula is C12H10ClFN2O3S2. The Labute approximate surface area is 128 Å². The molecule has 0 aliphatic carbocycles. The van der Waals surface area contributed by atoms with Crippen LogP contribution < -0.4 is 4.72 Å². The maximum absolute atomic E-state index is 13.7. The van der Waals surface area contributed by atoms with Crippen LogP contribution in [0.1, 0.15) is 0 Å². The van der Waals surface area contributed by atoms with Crippen molar-refractivity contribution in [1.82, 2.24) is 4.98 Å². The summed E-state index contributed by atoms with van der Waals surface area (Å²) in [5.41, 5.74) is 0.0247. The van der Waals surface area contributed by atoms with Crippen molar-refractivity contribution < 1.29 is 17.0 Å². The molecule has 2 aromatic rings. The third-order valence-corrected chi connectivity index (χ3v) is 5.04. The monoisotopic (exact) mass is 348 g/mol. The summed E-state index contributed by atoms with van der Waals surface area (Å²) in [5, 5.41) is 0.162. The van der Waals surface area contributed by atoms with E-state index in [1.807, 2.05) is 0 Å². The average Bonchev–Trinajstić information content (AvgIpc) is 2.38. The molecule has 1 unspecified atom stereocenters. The van der Waals surface area contributed by atoms with E-state index in [2.05, 4.69) is 9.71 Å². The van der Waals surface area contributed by atoms with Gasteiger partial charge in [-0.1, -0.05) is 11.6 Å². The second-order valence-corrected chi connectivity index (χ2v) is 7.44. The standard InChI is InChI=1S/C12H10ClFN2O3S2/c1-20(17)11-4-2-8(6-10(11)14)16-21(18,19)9-3-5-12(13)15-7-9/h2-7,16H,1H3. The van der Waals surface area contributed by atoms with E-state index in [0.717, 1.165) is 12.3 Å². The van der Waals surface area contributed by atoms with Crippen LogP contribution in [0.3, 0.4) is 0 Å². The number of sulfonamides is 1. The Morgan fingerprint density at radius 3 is 2.52 bits per heavy atom. The number of pyridine rings is 1. The van der Waals surface area contributed by atoms with Gasteiger partial charge in [-0.3, -0.25) is 8.93 Å². The van der Waals surface area contributed by atoms with Gasteiger partial charge in [0, 0.05) is 12.5 Å². The van der Waals surface area contributed by atoms with Gasteiger partial charge in [0.1, 0.15) is 15.9 Å². The molecule has 0 bridgehead atoms. The lowest BCUT2D eigenvalue weighted by Crippen LogP contribution is -2.13. The minimum absolute atomic E-state index is 0.00566. The van der Waals surface area contributed by atoms with E-state index in [1.54, 1.807) is 0 Å². The molecule has 112 valence electrons. The summed E-state index contributed by atoms with van der Waals surface area (Å²) in [7, 11) is -5.38. The van der Waals surface area contributed by atoms with Crippen LogP contribution in [0.4, 0.5) is 10.1 Å². The van der Waals surface area contributed by atoms with Gasteiger partial charge in [-0.25, -0.2) is 17.8 Å². The van der Waals surface area contributed by atoms with Gasteiger partial charge in [0.15, 0.2) is 0 Å². The molecule has 0 saturated heterocycles. The molecule has 1 N–H and O–H groups in total. The second kappa shape index (κ2) is 6.08. The molecule has 0 spiro atoms. The number of nitrogens with zero attached hydrogens (tertiary/aromatic N) is 1. The predicted octanol–water partition coefficient (Wildman–Crippen LogP) is 2.41. The summed E-state index contributed by atoms with van der Waals surface area (Å²) >= 11 is 5.59. The number of rotatable bonds is 4. The van der Waals surface area contributed by atoms with E-state index >= 15 is 0 Å². The van der Waals surface area contributed by atoms with Crippen molar-refractivity contribution in [1.29, 1.82) is 0 Å². The zero-order valence-electron chi connectivity index (χ0n) is 10.7. The molecule has 0 aliphatic heterocycles. The Morgan fingerprint density at radius 1 is 1.29 bits per heavy atom. The van der Waals surface area contributed by atoms with Gasteiger partial charge in [-0.15, -0.1) is 0 Å². The predicted molar refractivity (Wildman–Crippen MR) is 78.8 cm³/mol. The van der Waals surface area contributed by atoms with Gasteiger partial charge in [-0.05, 0) is 30.3 Å². The van der Waals surface area contributed by atoms with Gasteiger partial charge in [0.2, 0.25) is 0 Å². The molecule has 1 atom stereocenters. The third kappa shape index (κ3) is 3.78. The normalized spacial score (nSPS) is 12.9. The highest BCUT2D eigenvalue weighted by Gasteiger charge is 2.16. The van der Waals surface area contributed by atoms with Crippen LogP contribution in [-0.2, 0) is 20.8 Å². The Kier molecular flexibility index (Phi) is 4.60. The number of hydrogen-bond donors (Lipinski definition) is 1. The van der Waals surface area contributed by atoms with Crippen molar-refractivity contribution in [3.8, 4) is 0 Å². The zero-order valence-corrected chi connectivity index (χ0v) is 13.1. The zero-order chi connectivity index (χ0) is 15.6. The Balaban J connectivity index is 2.31. The first kappa shape index (κ1) is 15.9. The van der Waals surface area contributed by atoms with Crippen LogP contribution in [0.5, 0.6) is 0 Å². The number of halogens is 2. The highest BCUT2D eigenvalue weighted by atomic mass is 35.5. The van der Waals surface area contributed by atoms with E-state index in [4.69, 9.17) is 11.6 Å². The first-order valence-corrected chi connectivity index (χ1v) is 8.99. The van der Waals surface area contributed by atoms with Gasteiger partial charge in [-0.2, -0.15) is 0 Å². The molecule has 1 aromatic carbocycles. The van der Waals surface area contributed by atoms with Crippen LogP contribution in [0, 0.1) is 5.82 Å². The van der Waals surface area contributed by atoms with Crippen LogP contribution in [0.2, 0.25) is 5.15 Å². The molecule has 1 aromatic heterocycles. The molecular weight excluding hydrogens is 339 g/mol. The molecule has 2 rings (SSSR count). The summed E-state index contributed by atoms with van der Waals surface area (Å²) in [6.07, 6.45) is 2.43. The number of nitrogens with one attached hydrogen (secondary N) is 1. The van der Waals surface area contributed by atoms with Gasteiger partial charge >= 0.3 is 0 Å². The van der Waals surface area contributed by atoms with Gasteiger partial charge in [0.25, 0.3) is 10.0 Å². The van der Waals surface area contributed by atoms with Crippen LogP contribution in [-0.4, -0.2) is 23.9 Å². The minimum Gasteiger partial charge on any atom is -0.279 e. The lowest BCUT2D eigenvalue weighted by molar-refractivity contribution is 0.596. The molecule has 21 heavy (non-hydrogen) atoms. The summed E-state index contributed by atoms with van der Waals surface area (Å²) in [5.74, 6) is -0.745. The SMILES string of the molecule is CS(=O)c1ccc(NS(=O)(=O)c2ccc(Cl)nc2)cc1F. The molecule has 1 heterocycles. The van der Waals surface area contributed by atoms with E-state index < -0.39 is 26.6 Å². The maximum Gasteiger partial charge on any atom is 0.263 e. The Hall–Kier alpha value is -1.51. The summed E-state index contributed by atoms with van der Waals surface area (Å²) < 4.78 is 51.2. The Morgan fingerprint density at radius 2 is 2.00 bits per heavy atom. The number of anilines is 1. The molecule has 0 fully saturated rings. The van der Waals surface area contributed by atoms with E-state index in [1.165, 1.54) is 30.5 Å². The molecule has 0 amide bonds. The van der Waals surface area contributed by atoms with E-state index in [-0.39, 0.29) is 20.6 Å². The van der Waals surface area contributed by atoms with E-state index in [0.29, 0.717) is 0 Å². The van der Waals surface area contributed by atoms with Crippen LogP contribution in [0.25, 0.3) is 0 Å². The molecule has 0 saturated carbocycles. The third-order valence-electron chi connectivity index (χ3n) is 2.50. The lowest BCUT2D eigenvalue weighted by atomic mass is 10.3. The first-order chi connectivity index (χ1) is 9.79. The molecule has 0 radical (unpaired) electrons.